The minimum atomic E-state index is -0.580. The second-order valence-corrected chi connectivity index (χ2v) is 5.61. The molecular formula is C19H13N3O6. The van der Waals surface area contributed by atoms with E-state index < -0.39 is 15.8 Å². The normalized spacial score (nSPS) is 10.1. The van der Waals surface area contributed by atoms with Crippen molar-refractivity contribution in [3.8, 4) is 11.5 Å². The largest absolute Gasteiger partial charge is 0.457 e. The van der Waals surface area contributed by atoms with Gasteiger partial charge in [0.25, 0.3) is 17.3 Å². The van der Waals surface area contributed by atoms with E-state index in [0.717, 1.165) is 0 Å². The van der Waals surface area contributed by atoms with Crippen LogP contribution in [0.3, 0.4) is 0 Å². The molecule has 0 unspecified atom stereocenters. The molecule has 0 atom stereocenters. The highest BCUT2D eigenvalue weighted by atomic mass is 16.6. The molecule has 0 fully saturated rings. The Hall–Kier alpha value is -4.27. The number of carbonyl (C=O) groups is 1. The molecule has 0 aliphatic carbocycles. The van der Waals surface area contributed by atoms with Crippen LogP contribution in [0, 0.1) is 20.2 Å². The van der Waals surface area contributed by atoms with Crippen molar-refractivity contribution in [2.45, 2.75) is 0 Å². The molecule has 1 amide bonds. The predicted octanol–water partition coefficient (Wildman–Crippen LogP) is 4.55. The first-order chi connectivity index (χ1) is 13.4. The predicted molar refractivity (Wildman–Crippen MR) is 101 cm³/mol. The fourth-order valence-corrected chi connectivity index (χ4v) is 2.41. The van der Waals surface area contributed by atoms with Crippen LogP contribution in [0.15, 0.2) is 72.8 Å². The minimum absolute atomic E-state index is 0.0649. The average Bonchev–Trinajstić information content (AvgIpc) is 2.69. The summed E-state index contributed by atoms with van der Waals surface area (Å²) in [6, 6.07) is 17.5. The number of nitrogens with one attached hydrogen (secondary N) is 1. The third-order valence-corrected chi connectivity index (χ3v) is 3.73. The van der Waals surface area contributed by atoms with Gasteiger partial charge in [0.15, 0.2) is 0 Å². The van der Waals surface area contributed by atoms with Gasteiger partial charge in [-0.2, -0.15) is 0 Å². The Morgan fingerprint density at radius 1 is 0.821 bits per heavy atom. The highest BCUT2D eigenvalue weighted by Crippen LogP contribution is 2.26. The number of nitro benzene ring substituents is 2. The van der Waals surface area contributed by atoms with Crippen molar-refractivity contribution in [2.75, 3.05) is 5.32 Å². The van der Waals surface area contributed by atoms with Crippen LogP contribution in [0.1, 0.15) is 10.4 Å². The molecule has 28 heavy (non-hydrogen) atoms. The Bertz CT molecular complexity index is 1050. The second-order valence-electron chi connectivity index (χ2n) is 5.61. The molecule has 140 valence electrons. The van der Waals surface area contributed by atoms with Crippen LogP contribution >= 0.6 is 0 Å². The number of rotatable bonds is 6. The van der Waals surface area contributed by atoms with Gasteiger partial charge in [0.1, 0.15) is 17.2 Å². The van der Waals surface area contributed by atoms with E-state index in [9.17, 15) is 25.0 Å². The number of non-ortho nitro benzene ring substituents is 1. The summed E-state index contributed by atoms with van der Waals surface area (Å²) >= 11 is 0. The third-order valence-electron chi connectivity index (χ3n) is 3.73. The number of ether oxygens (including phenoxy) is 1. The lowest BCUT2D eigenvalue weighted by atomic mass is 10.2. The van der Waals surface area contributed by atoms with Gasteiger partial charge in [0.05, 0.1) is 9.85 Å². The number of carbonyl (C=O) groups excluding carboxylic acids is 1. The van der Waals surface area contributed by atoms with Crippen molar-refractivity contribution in [3.63, 3.8) is 0 Å². The molecule has 0 radical (unpaired) electrons. The Kier molecular flexibility index (Phi) is 5.26. The average molecular weight is 379 g/mol. The highest BCUT2D eigenvalue weighted by molar-refractivity contribution is 6.05. The molecule has 9 heteroatoms. The van der Waals surface area contributed by atoms with Gasteiger partial charge in [-0.25, -0.2) is 0 Å². The van der Waals surface area contributed by atoms with Crippen molar-refractivity contribution < 1.29 is 19.4 Å². The summed E-state index contributed by atoms with van der Waals surface area (Å²) in [5.74, 6) is 0.161. The molecular weight excluding hydrogens is 366 g/mol. The molecule has 9 nitrogen and oxygen atoms in total. The molecule has 0 heterocycles. The quantitative estimate of drug-likeness (QED) is 0.495. The number of para-hydroxylation sites is 2. The van der Waals surface area contributed by atoms with Gasteiger partial charge >= 0.3 is 0 Å². The van der Waals surface area contributed by atoms with Crippen LogP contribution in [-0.2, 0) is 0 Å². The van der Waals surface area contributed by atoms with Crippen molar-refractivity contribution in [3.05, 3.63) is 98.6 Å². The van der Waals surface area contributed by atoms with Crippen LogP contribution in [0.5, 0.6) is 11.5 Å². The zero-order chi connectivity index (χ0) is 20.1. The van der Waals surface area contributed by atoms with Gasteiger partial charge < -0.3 is 10.1 Å². The second kappa shape index (κ2) is 7.96. The lowest BCUT2D eigenvalue weighted by molar-refractivity contribution is -0.384. The van der Waals surface area contributed by atoms with E-state index in [2.05, 4.69) is 5.32 Å². The Morgan fingerprint density at radius 2 is 1.54 bits per heavy atom. The molecule has 0 saturated carbocycles. The van der Waals surface area contributed by atoms with E-state index >= 15 is 0 Å². The molecule has 0 aliphatic heterocycles. The number of hydrogen-bond donors (Lipinski definition) is 1. The molecule has 3 rings (SSSR count). The minimum Gasteiger partial charge on any atom is -0.457 e. The maximum atomic E-state index is 12.4. The zero-order valence-corrected chi connectivity index (χ0v) is 14.3. The van der Waals surface area contributed by atoms with Crippen molar-refractivity contribution in [1.29, 1.82) is 0 Å². The lowest BCUT2D eigenvalue weighted by Crippen LogP contribution is -2.13. The van der Waals surface area contributed by atoms with E-state index in [1.165, 1.54) is 54.6 Å². The first-order valence-electron chi connectivity index (χ1n) is 8.01. The molecule has 3 aromatic carbocycles. The molecule has 0 bridgehead atoms. The summed E-state index contributed by atoms with van der Waals surface area (Å²) in [6.07, 6.45) is 0. The first-order valence-corrected chi connectivity index (χ1v) is 8.01. The summed E-state index contributed by atoms with van der Waals surface area (Å²) in [5.41, 5.74) is 0.0378. The highest BCUT2D eigenvalue weighted by Gasteiger charge is 2.16. The zero-order valence-electron chi connectivity index (χ0n) is 14.3. The molecule has 1 N–H and O–H groups in total. The smallest absolute Gasteiger partial charge is 0.292 e. The van der Waals surface area contributed by atoms with Crippen LogP contribution in [0.4, 0.5) is 17.1 Å². The number of nitro groups is 2. The number of anilines is 1. The van der Waals surface area contributed by atoms with Crippen molar-refractivity contribution in [1.82, 2.24) is 0 Å². The van der Waals surface area contributed by atoms with Crippen LogP contribution in [0.2, 0.25) is 0 Å². The molecule has 0 saturated heterocycles. The van der Waals surface area contributed by atoms with Crippen LogP contribution in [-0.4, -0.2) is 15.8 Å². The van der Waals surface area contributed by atoms with Gasteiger partial charge in [-0.1, -0.05) is 18.2 Å². The topological polar surface area (TPSA) is 125 Å². The fourth-order valence-electron chi connectivity index (χ4n) is 2.41. The third kappa shape index (κ3) is 4.28. The van der Waals surface area contributed by atoms with Gasteiger partial charge in [-0.3, -0.25) is 25.0 Å². The molecule has 0 aliphatic rings. The Morgan fingerprint density at radius 3 is 2.21 bits per heavy atom. The van der Waals surface area contributed by atoms with E-state index in [1.807, 2.05) is 0 Å². The summed E-state index contributed by atoms with van der Waals surface area (Å²) in [5, 5.41) is 24.2. The lowest BCUT2D eigenvalue weighted by Gasteiger charge is -2.09. The molecule has 0 aromatic heterocycles. The SMILES string of the molecule is O=C(Nc1ccccc1[N+](=O)[O-])c1cccc(Oc2ccc([N+](=O)[O-])cc2)c1. The number of amides is 1. The Balaban J connectivity index is 1.76. The maximum Gasteiger partial charge on any atom is 0.292 e. The standard InChI is InChI=1S/C19H13N3O6/c23-19(20-17-6-1-2-7-18(17)22(26)27)13-4-3-5-16(12-13)28-15-10-8-14(9-11-15)21(24)25/h1-12H,(H,20,23). The van der Waals surface area contributed by atoms with Crippen molar-refractivity contribution in [2.24, 2.45) is 0 Å². The monoisotopic (exact) mass is 379 g/mol. The summed E-state index contributed by atoms with van der Waals surface area (Å²) in [7, 11) is 0. The van der Waals surface area contributed by atoms with E-state index in [1.54, 1.807) is 18.2 Å². The first kappa shape index (κ1) is 18.5. The van der Waals surface area contributed by atoms with E-state index in [-0.39, 0.29) is 22.6 Å². The van der Waals surface area contributed by atoms with Gasteiger partial charge in [-0.15, -0.1) is 0 Å². The summed E-state index contributed by atoms with van der Waals surface area (Å²) < 4.78 is 5.61. The summed E-state index contributed by atoms with van der Waals surface area (Å²) in [4.78, 5) is 33.1. The van der Waals surface area contributed by atoms with Crippen LogP contribution in [0.25, 0.3) is 0 Å². The van der Waals surface area contributed by atoms with Gasteiger partial charge in [0, 0.05) is 23.8 Å². The Labute approximate surface area is 158 Å². The molecule has 3 aromatic rings. The molecule has 0 spiro atoms. The van der Waals surface area contributed by atoms with Crippen LogP contribution < -0.4 is 10.1 Å². The number of hydrogen-bond acceptors (Lipinski definition) is 6. The fraction of sp³-hybridized carbons (Fsp3) is 0. The van der Waals surface area contributed by atoms with Gasteiger partial charge in [0.2, 0.25) is 0 Å². The van der Waals surface area contributed by atoms with Gasteiger partial charge in [-0.05, 0) is 36.4 Å². The van der Waals surface area contributed by atoms with Crippen molar-refractivity contribution >= 4 is 23.0 Å². The summed E-state index contributed by atoms with van der Waals surface area (Å²) in [6.45, 7) is 0. The van der Waals surface area contributed by atoms with E-state index in [0.29, 0.717) is 11.5 Å². The van der Waals surface area contributed by atoms with E-state index in [4.69, 9.17) is 4.74 Å². The number of benzene rings is 3. The number of nitrogens with zero attached hydrogens (tertiary/aromatic N) is 2. The maximum absolute atomic E-state index is 12.4.